The number of amides is 1. The zero-order valence-electron chi connectivity index (χ0n) is 11.0. The molecule has 1 aromatic rings. The molecule has 0 spiro atoms. The van der Waals surface area contributed by atoms with E-state index in [0.29, 0.717) is 0 Å². The lowest BCUT2D eigenvalue weighted by Crippen LogP contribution is -2.37. The molecule has 3 heteroatoms. The largest absolute Gasteiger partial charge is 0.354 e. The minimum absolute atomic E-state index is 0.117. The number of hydrogen-bond acceptors (Lipinski definition) is 2. The summed E-state index contributed by atoms with van der Waals surface area (Å²) < 4.78 is 0. The first-order valence-corrected chi connectivity index (χ1v) is 6.80. The molecule has 18 heavy (non-hydrogen) atoms. The second-order valence-electron chi connectivity index (χ2n) is 5.05. The van der Waals surface area contributed by atoms with E-state index < -0.39 is 0 Å². The van der Waals surface area contributed by atoms with Gasteiger partial charge in [0.05, 0.1) is 5.41 Å². The minimum Gasteiger partial charge on any atom is -0.354 e. The van der Waals surface area contributed by atoms with Crippen LogP contribution in [0.1, 0.15) is 25.3 Å². The van der Waals surface area contributed by atoms with E-state index in [2.05, 4.69) is 29.7 Å². The highest BCUT2D eigenvalue weighted by atomic mass is 16.2. The van der Waals surface area contributed by atoms with Crippen LogP contribution >= 0.6 is 0 Å². The first kappa shape index (κ1) is 13.1. The third-order valence-corrected chi connectivity index (χ3v) is 3.56. The van der Waals surface area contributed by atoms with Gasteiger partial charge in [0.15, 0.2) is 0 Å². The van der Waals surface area contributed by atoms with Gasteiger partial charge in [0, 0.05) is 13.1 Å². The molecule has 1 aliphatic rings. The maximum Gasteiger partial charge on any atom is 0.226 e. The standard InChI is InChI=1S/C15H22N2O/c1-2-16-10-11-17-14(18)15(8-9-15)12-13-6-4-3-5-7-13/h3-7,16H,2,8-12H2,1H3,(H,17,18). The molecule has 98 valence electrons. The smallest absolute Gasteiger partial charge is 0.226 e. The molecule has 1 aliphatic carbocycles. The maximum absolute atomic E-state index is 12.2. The minimum atomic E-state index is -0.117. The number of carbonyl (C=O) groups is 1. The van der Waals surface area contributed by atoms with Gasteiger partial charge in [-0.05, 0) is 31.4 Å². The average molecular weight is 246 g/mol. The molecule has 1 fully saturated rings. The Kier molecular flexibility index (Phi) is 4.37. The second-order valence-corrected chi connectivity index (χ2v) is 5.05. The van der Waals surface area contributed by atoms with Crippen LogP contribution in [0.5, 0.6) is 0 Å². The van der Waals surface area contributed by atoms with E-state index in [-0.39, 0.29) is 11.3 Å². The van der Waals surface area contributed by atoms with Crippen LogP contribution in [0.2, 0.25) is 0 Å². The zero-order valence-corrected chi connectivity index (χ0v) is 11.0. The summed E-state index contributed by atoms with van der Waals surface area (Å²) in [6.07, 6.45) is 2.92. The Balaban J connectivity index is 1.82. The fourth-order valence-electron chi connectivity index (χ4n) is 2.25. The third-order valence-electron chi connectivity index (χ3n) is 3.56. The van der Waals surface area contributed by atoms with Crippen LogP contribution in [0, 0.1) is 5.41 Å². The number of hydrogen-bond donors (Lipinski definition) is 2. The van der Waals surface area contributed by atoms with E-state index in [4.69, 9.17) is 0 Å². The summed E-state index contributed by atoms with van der Waals surface area (Å²) in [4.78, 5) is 12.2. The third kappa shape index (κ3) is 3.33. The van der Waals surface area contributed by atoms with E-state index in [0.717, 1.165) is 38.9 Å². The summed E-state index contributed by atoms with van der Waals surface area (Å²) in [5.41, 5.74) is 1.14. The van der Waals surface area contributed by atoms with Crippen molar-refractivity contribution in [3.8, 4) is 0 Å². The highest BCUT2D eigenvalue weighted by Crippen LogP contribution is 2.48. The Labute approximate surface area is 109 Å². The first-order chi connectivity index (χ1) is 8.77. The molecular weight excluding hydrogens is 224 g/mol. The molecular formula is C15H22N2O. The molecule has 0 aliphatic heterocycles. The molecule has 2 rings (SSSR count). The summed E-state index contributed by atoms with van der Waals surface area (Å²) in [6.45, 7) is 4.59. The Bertz CT molecular complexity index is 385. The van der Waals surface area contributed by atoms with Gasteiger partial charge in [-0.3, -0.25) is 4.79 Å². The van der Waals surface area contributed by atoms with E-state index in [9.17, 15) is 4.79 Å². The molecule has 1 saturated carbocycles. The normalized spacial score (nSPS) is 16.3. The van der Waals surface area contributed by atoms with Crippen molar-refractivity contribution in [3.63, 3.8) is 0 Å². The van der Waals surface area contributed by atoms with Crippen molar-refractivity contribution in [1.82, 2.24) is 10.6 Å². The van der Waals surface area contributed by atoms with Gasteiger partial charge in [-0.25, -0.2) is 0 Å². The maximum atomic E-state index is 12.2. The summed E-state index contributed by atoms with van der Waals surface area (Å²) in [5, 5.41) is 6.25. The van der Waals surface area contributed by atoms with Gasteiger partial charge in [-0.2, -0.15) is 0 Å². The zero-order chi connectivity index (χ0) is 12.8. The molecule has 0 bridgehead atoms. The predicted octanol–water partition coefficient (Wildman–Crippen LogP) is 1.73. The fraction of sp³-hybridized carbons (Fsp3) is 0.533. The number of likely N-dealkylation sites (N-methyl/N-ethyl adjacent to an activating group) is 1. The SMILES string of the molecule is CCNCCNC(=O)C1(Cc2ccccc2)CC1. The monoisotopic (exact) mass is 246 g/mol. The van der Waals surface area contributed by atoms with E-state index in [1.165, 1.54) is 5.56 Å². The molecule has 0 saturated heterocycles. The molecule has 0 aromatic heterocycles. The van der Waals surface area contributed by atoms with E-state index in [1.807, 2.05) is 18.2 Å². The van der Waals surface area contributed by atoms with Crippen LogP contribution in [0.15, 0.2) is 30.3 Å². The molecule has 0 radical (unpaired) electrons. The van der Waals surface area contributed by atoms with Crippen molar-refractivity contribution in [2.75, 3.05) is 19.6 Å². The molecule has 0 atom stereocenters. The van der Waals surface area contributed by atoms with Crippen LogP contribution in [0.3, 0.4) is 0 Å². The highest BCUT2D eigenvalue weighted by molar-refractivity contribution is 5.85. The molecule has 2 N–H and O–H groups in total. The Morgan fingerprint density at radius 2 is 1.94 bits per heavy atom. The predicted molar refractivity (Wildman–Crippen MR) is 73.4 cm³/mol. The summed E-state index contributed by atoms with van der Waals surface area (Å²) in [6, 6.07) is 10.3. The van der Waals surface area contributed by atoms with E-state index >= 15 is 0 Å². The lowest BCUT2D eigenvalue weighted by Gasteiger charge is -2.15. The van der Waals surface area contributed by atoms with Gasteiger partial charge in [0.25, 0.3) is 0 Å². The molecule has 1 amide bonds. The summed E-state index contributed by atoms with van der Waals surface area (Å²) >= 11 is 0. The fourth-order valence-corrected chi connectivity index (χ4v) is 2.25. The van der Waals surface area contributed by atoms with Gasteiger partial charge >= 0.3 is 0 Å². The number of benzene rings is 1. The van der Waals surface area contributed by atoms with Crippen LogP contribution < -0.4 is 10.6 Å². The van der Waals surface area contributed by atoms with Crippen molar-refractivity contribution in [2.45, 2.75) is 26.2 Å². The van der Waals surface area contributed by atoms with Crippen molar-refractivity contribution >= 4 is 5.91 Å². The van der Waals surface area contributed by atoms with Gasteiger partial charge < -0.3 is 10.6 Å². The molecule has 3 nitrogen and oxygen atoms in total. The van der Waals surface area contributed by atoms with Gasteiger partial charge in [-0.1, -0.05) is 37.3 Å². The lowest BCUT2D eigenvalue weighted by molar-refractivity contribution is -0.126. The summed E-state index contributed by atoms with van der Waals surface area (Å²) in [5.74, 6) is 0.226. The first-order valence-electron chi connectivity index (χ1n) is 6.80. The van der Waals surface area contributed by atoms with Crippen LogP contribution in [-0.4, -0.2) is 25.5 Å². The quantitative estimate of drug-likeness (QED) is 0.719. The van der Waals surface area contributed by atoms with E-state index in [1.54, 1.807) is 0 Å². The Morgan fingerprint density at radius 3 is 2.56 bits per heavy atom. The van der Waals surface area contributed by atoms with Crippen LogP contribution in [0.25, 0.3) is 0 Å². The van der Waals surface area contributed by atoms with Gasteiger partial charge in [0.1, 0.15) is 0 Å². The average Bonchev–Trinajstić information content (AvgIpc) is 3.16. The number of rotatable bonds is 7. The Morgan fingerprint density at radius 1 is 1.22 bits per heavy atom. The van der Waals surface area contributed by atoms with Crippen LogP contribution in [0.4, 0.5) is 0 Å². The molecule has 1 aromatic carbocycles. The van der Waals surface area contributed by atoms with Crippen molar-refractivity contribution < 1.29 is 4.79 Å². The van der Waals surface area contributed by atoms with Crippen molar-refractivity contribution in [3.05, 3.63) is 35.9 Å². The Hall–Kier alpha value is -1.35. The summed E-state index contributed by atoms with van der Waals surface area (Å²) in [7, 11) is 0. The number of nitrogens with one attached hydrogen (secondary N) is 2. The van der Waals surface area contributed by atoms with Crippen LogP contribution in [-0.2, 0) is 11.2 Å². The molecule has 0 heterocycles. The topological polar surface area (TPSA) is 41.1 Å². The van der Waals surface area contributed by atoms with Crippen molar-refractivity contribution in [1.29, 1.82) is 0 Å². The number of carbonyl (C=O) groups excluding carboxylic acids is 1. The highest BCUT2D eigenvalue weighted by Gasteiger charge is 2.49. The van der Waals surface area contributed by atoms with Gasteiger partial charge in [-0.15, -0.1) is 0 Å². The van der Waals surface area contributed by atoms with Gasteiger partial charge in [0.2, 0.25) is 5.91 Å². The second kappa shape index (κ2) is 6.01. The lowest BCUT2D eigenvalue weighted by atomic mass is 9.95. The molecule has 0 unspecified atom stereocenters. The van der Waals surface area contributed by atoms with Crippen molar-refractivity contribution in [2.24, 2.45) is 5.41 Å².